The maximum atomic E-state index is 15.1. The highest BCUT2D eigenvalue weighted by atomic mass is 35.5. The molecular weight excluding hydrogens is 610 g/mol. The molecule has 8 nitrogen and oxygen atoms in total. The number of carbonyl (C=O) groups is 1. The number of sulfonamides is 1. The molecule has 5 aromatic rings. The Balaban J connectivity index is 1.33. The van der Waals surface area contributed by atoms with E-state index < -0.39 is 27.4 Å². The normalized spacial score (nSPS) is 11.4. The minimum atomic E-state index is -4.08. The summed E-state index contributed by atoms with van der Waals surface area (Å²) in [5.41, 5.74) is 1.64. The van der Waals surface area contributed by atoms with E-state index in [-0.39, 0.29) is 13.9 Å². The quantitative estimate of drug-likeness (QED) is 0.210. The zero-order chi connectivity index (χ0) is 29.3. The topological polar surface area (TPSA) is 101 Å². The number of aromatic nitrogens is 1. The fourth-order valence-corrected chi connectivity index (χ4v) is 6.69. The van der Waals surface area contributed by atoms with Crippen LogP contribution in [0.25, 0.3) is 16.5 Å². The van der Waals surface area contributed by atoms with E-state index in [1.54, 1.807) is 54.5 Å². The van der Waals surface area contributed by atoms with Gasteiger partial charge in [0.2, 0.25) is 0 Å². The Morgan fingerprint density at radius 2 is 1.71 bits per heavy atom. The number of anilines is 2. The summed E-state index contributed by atoms with van der Waals surface area (Å²) in [7, 11) is -2.31. The summed E-state index contributed by atoms with van der Waals surface area (Å²) >= 11 is 12.5. The number of thiophene rings is 1. The molecular formula is C28H21Cl2FN4O4S2. The fourth-order valence-electron chi connectivity index (χ4n) is 4.17. The van der Waals surface area contributed by atoms with Gasteiger partial charge in [0.1, 0.15) is 10.0 Å². The maximum Gasteiger partial charge on any atom is 0.333 e. The van der Waals surface area contributed by atoms with E-state index in [1.165, 1.54) is 34.9 Å². The van der Waals surface area contributed by atoms with E-state index in [0.29, 0.717) is 34.0 Å². The first-order valence-corrected chi connectivity index (χ1v) is 15.1. The number of urea groups is 1. The van der Waals surface area contributed by atoms with Gasteiger partial charge >= 0.3 is 6.03 Å². The third-order valence-electron chi connectivity index (χ3n) is 6.16. The first-order valence-electron chi connectivity index (χ1n) is 12.0. The van der Waals surface area contributed by atoms with Gasteiger partial charge in [-0.2, -0.15) is 0 Å². The Morgan fingerprint density at radius 1 is 1.00 bits per heavy atom. The van der Waals surface area contributed by atoms with Crippen molar-refractivity contribution >= 4 is 72.7 Å². The number of halogens is 3. The van der Waals surface area contributed by atoms with Gasteiger partial charge < -0.3 is 10.2 Å². The van der Waals surface area contributed by atoms with Crippen LogP contribution in [0.3, 0.4) is 0 Å². The van der Waals surface area contributed by atoms with Crippen LogP contribution >= 0.6 is 34.5 Å². The summed E-state index contributed by atoms with van der Waals surface area (Å²) in [6.07, 6.45) is 1.58. The van der Waals surface area contributed by atoms with Gasteiger partial charge in [-0.1, -0.05) is 35.3 Å². The Bertz CT molecular complexity index is 1930. The second-order valence-electron chi connectivity index (χ2n) is 9.03. The van der Waals surface area contributed by atoms with Gasteiger partial charge in [0.05, 0.1) is 15.4 Å². The average molecular weight is 632 g/mol. The molecule has 210 valence electrons. The van der Waals surface area contributed by atoms with Crippen molar-refractivity contribution in [2.75, 3.05) is 17.3 Å². The molecule has 0 fully saturated rings. The highest BCUT2D eigenvalue weighted by Gasteiger charge is 2.20. The smallest absolute Gasteiger partial charge is 0.333 e. The Hall–Kier alpha value is -3.90. The predicted octanol–water partition coefficient (Wildman–Crippen LogP) is 6.64. The van der Waals surface area contributed by atoms with Crippen LogP contribution in [0, 0.1) is 5.82 Å². The molecule has 13 heteroatoms. The number of pyridine rings is 1. The number of rotatable bonds is 7. The van der Waals surface area contributed by atoms with Crippen molar-refractivity contribution in [3.05, 3.63) is 116 Å². The number of benzene rings is 3. The van der Waals surface area contributed by atoms with E-state index in [2.05, 4.69) is 5.32 Å². The first kappa shape index (κ1) is 28.6. The van der Waals surface area contributed by atoms with Gasteiger partial charge in [0.15, 0.2) is 0 Å². The van der Waals surface area contributed by atoms with Gasteiger partial charge in [0, 0.05) is 36.2 Å². The maximum absolute atomic E-state index is 15.1. The van der Waals surface area contributed by atoms with Crippen molar-refractivity contribution in [2.45, 2.75) is 10.8 Å². The summed E-state index contributed by atoms with van der Waals surface area (Å²) < 4.78 is 43.2. The molecule has 0 aliphatic heterocycles. The van der Waals surface area contributed by atoms with Crippen molar-refractivity contribution in [3.63, 3.8) is 0 Å². The molecule has 0 aliphatic carbocycles. The largest absolute Gasteiger partial charge is 0.368 e. The van der Waals surface area contributed by atoms with Crippen LogP contribution in [0.2, 0.25) is 9.36 Å². The third kappa shape index (κ3) is 6.38. The minimum absolute atomic E-state index is 0.0968. The van der Waals surface area contributed by atoms with Crippen LogP contribution in [0.1, 0.15) is 5.56 Å². The van der Waals surface area contributed by atoms with Crippen molar-refractivity contribution in [3.8, 4) is 5.69 Å². The van der Waals surface area contributed by atoms with E-state index in [1.807, 2.05) is 16.9 Å². The summed E-state index contributed by atoms with van der Waals surface area (Å²) in [6, 6.07) is 19.8. The van der Waals surface area contributed by atoms with Gasteiger partial charge in [-0.15, -0.1) is 11.3 Å². The molecule has 3 aromatic carbocycles. The molecule has 0 aliphatic rings. The molecule has 0 spiro atoms. The van der Waals surface area contributed by atoms with Crippen LogP contribution in [0.4, 0.5) is 20.6 Å². The molecule has 2 heterocycles. The van der Waals surface area contributed by atoms with Crippen LogP contribution in [-0.2, 0) is 16.6 Å². The van der Waals surface area contributed by atoms with Gasteiger partial charge in [0.25, 0.3) is 15.6 Å². The van der Waals surface area contributed by atoms with Crippen LogP contribution in [0.5, 0.6) is 0 Å². The number of carbonyl (C=O) groups excluding carboxylic acids is 1. The standard InChI is InChI=1S/C28H21Cl2FN4O4S2/c1-34(16-17-2-4-19(29)5-3-17)24-14-18-12-13-35(27(36)22(18)15-23(24)31)21-8-6-20(7-9-21)32-28(37)33-41(38,39)26-11-10-25(30)40-26/h2-15H,16H2,1H3,(H2,32,33,37). The average Bonchev–Trinajstić information content (AvgIpc) is 3.38. The molecule has 0 bridgehead atoms. The second kappa shape index (κ2) is 11.5. The van der Waals surface area contributed by atoms with Gasteiger partial charge in [-0.3, -0.25) is 9.36 Å². The van der Waals surface area contributed by atoms with Crippen molar-refractivity contribution in [1.82, 2.24) is 9.29 Å². The molecule has 0 atom stereocenters. The lowest BCUT2D eigenvalue weighted by atomic mass is 10.1. The molecule has 2 aromatic heterocycles. The van der Waals surface area contributed by atoms with Gasteiger partial charge in [-0.25, -0.2) is 22.3 Å². The Kier molecular flexibility index (Phi) is 8.05. The third-order valence-corrected chi connectivity index (χ3v) is 9.47. The molecule has 0 saturated heterocycles. The van der Waals surface area contributed by atoms with Crippen molar-refractivity contribution in [1.29, 1.82) is 0 Å². The Labute approximate surface area is 248 Å². The minimum Gasteiger partial charge on any atom is -0.368 e. The van der Waals surface area contributed by atoms with E-state index >= 15 is 4.39 Å². The molecule has 0 unspecified atom stereocenters. The highest BCUT2D eigenvalue weighted by molar-refractivity contribution is 7.92. The van der Waals surface area contributed by atoms with Crippen molar-refractivity contribution < 1.29 is 17.6 Å². The summed E-state index contributed by atoms with van der Waals surface area (Å²) in [5.74, 6) is -0.533. The summed E-state index contributed by atoms with van der Waals surface area (Å²) in [5, 5.41) is 3.83. The second-order valence-corrected chi connectivity index (χ2v) is 13.1. The van der Waals surface area contributed by atoms with Crippen molar-refractivity contribution in [2.24, 2.45) is 0 Å². The molecule has 2 amide bonds. The monoisotopic (exact) mass is 630 g/mol. The lowest BCUT2D eigenvalue weighted by Gasteiger charge is -2.21. The number of hydrogen-bond acceptors (Lipinski definition) is 6. The van der Waals surface area contributed by atoms with Crippen LogP contribution in [0.15, 0.2) is 94.1 Å². The molecule has 41 heavy (non-hydrogen) atoms. The zero-order valence-corrected chi connectivity index (χ0v) is 24.4. The number of nitrogens with zero attached hydrogens (tertiary/aromatic N) is 2. The molecule has 0 radical (unpaired) electrons. The number of amides is 2. The zero-order valence-electron chi connectivity index (χ0n) is 21.3. The highest BCUT2D eigenvalue weighted by Crippen LogP contribution is 2.27. The molecule has 2 N–H and O–H groups in total. The van der Waals surface area contributed by atoms with Gasteiger partial charge in [-0.05, 0) is 77.7 Å². The number of fused-ring (bicyclic) bond motifs is 1. The first-order chi connectivity index (χ1) is 19.5. The van der Waals surface area contributed by atoms with E-state index in [0.717, 1.165) is 16.9 Å². The number of nitrogens with one attached hydrogen (secondary N) is 2. The van der Waals surface area contributed by atoms with E-state index in [4.69, 9.17) is 23.2 Å². The lowest BCUT2D eigenvalue weighted by Crippen LogP contribution is -2.33. The summed E-state index contributed by atoms with van der Waals surface area (Å²) in [4.78, 5) is 27.3. The Morgan fingerprint density at radius 3 is 2.37 bits per heavy atom. The summed E-state index contributed by atoms with van der Waals surface area (Å²) in [6.45, 7) is 0.448. The SMILES string of the molecule is CN(Cc1ccc(Cl)cc1)c1cc2ccn(-c3ccc(NC(=O)NS(=O)(=O)c4ccc(Cl)s4)cc3)c(=O)c2cc1F. The van der Waals surface area contributed by atoms with E-state index in [9.17, 15) is 18.0 Å². The number of hydrogen-bond donors (Lipinski definition) is 2. The molecule has 0 saturated carbocycles. The van der Waals surface area contributed by atoms with Crippen LogP contribution in [-0.4, -0.2) is 26.1 Å². The lowest BCUT2D eigenvalue weighted by molar-refractivity contribution is 0.256. The molecule has 5 rings (SSSR count). The van der Waals surface area contributed by atoms with Crippen LogP contribution < -0.4 is 20.5 Å². The fraction of sp³-hybridized carbons (Fsp3) is 0.0714. The predicted molar refractivity (Wildman–Crippen MR) is 162 cm³/mol.